The molecule has 19 heavy (non-hydrogen) atoms. The van der Waals surface area contributed by atoms with Crippen molar-refractivity contribution in [3.8, 4) is 0 Å². The lowest BCUT2D eigenvalue weighted by molar-refractivity contribution is 0.331. The Hall–Kier alpha value is -0.580. The molecule has 3 nitrogen and oxygen atoms in total. The van der Waals surface area contributed by atoms with Gasteiger partial charge in [-0.05, 0) is 36.8 Å². The summed E-state index contributed by atoms with van der Waals surface area (Å²) in [5.41, 5.74) is 0.665. The summed E-state index contributed by atoms with van der Waals surface area (Å²) in [6, 6.07) is 7.00. The number of hydrogen-bond acceptors (Lipinski definition) is 2. The van der Waals surface area contributed by atoms with Crippen LogP contribution >= 0.6 is 11.6 Å². The molecule has 0 aliphatic carbocycles. The lowest BCUT2D eigenvalue weighted by Gasteiger charge is -2.24. The van der Waals surface area contributed by atoms with Crippen LogP contribution in [-0.2, 0) is 10.0 Å². The Labute approximate surface area is 121 Å². The summed E-state index contributed by atoms with van der Waals surface area (Å²) < 4.78 is 27.2. The number of benzene rings is 1. The predicted octanol–water partition coefficient (Wildman–Crippen LogP) is 3.32. The lowest BCUT2D eigenvalue weighted by atomic mass is 9.88. The van der Waals surface area contributed by atoms with Crippen LogP contribution in [0.5, 0.6) is 0 Å². The Balaban J connectivity index is 2.74. The molecule has 0 saturated carbocycles. The molecule has 0 aromatic heterocycles. The molecule has 0 spiro atoms. The molecule has 108 valence electrons. The number of halogens is 1. The average Bonchev–Trinajstić information content (AvgIpc) is 2.35. The highest BCUT2D eigenvalue weighted by atomic mass is 35.5. The summed E-state index contributed by atoms with van der Waals surface area (Å²) in [5, 5.41) is 0. The van der Waals surface area contributed by atoms with E-state index in [1.807, 2.05) is 19.9 Å². The Bertz CT molecular complexity index is 512. The van der Waals surface area contributed by atoms with Crippen LogP contribution in [0.25, 0.3) is 0 Å². The van der Waals surface area contributed by atoms with E-state index in [0.717, 1.165) is 18.4 Å². The van der Waals surface area contributed by atoms with Gasteiger partial charge in [-0.15, -0.1) is 11.6 Å². The van der Waals surface area contributed by atoms with Crippen molar-refractivity contribution in [2.45, 2.75) is 38.5 Å². The van der Waals surface area contributed by atoms with Crippen LogP contribution in [0.3, 0.4) is 0 Å². The highest BCUT2D eigenvalue weighted by Gasteiger charge is 2.22. The Morgan fingerprint density at radius 2 is 1.89 bits per heavy atom. The number of sulfonamides is 1. The van der Waals surface area contributed by atoms with Gasteiger partial charge in [-0.25, -0.2) is 13.1 Å². The third-order valence-corrected chi connectivity index (χ3v) is 4.94. The van der Waals surface area contributed by atoms with Crippen LogP contribution in [0, 0.1) is 12.3 Å². The van der Waals surface area contributed by atoms with Gasteiger partial charge in [-0.2, -0.15) is 0 Å². The monoisotopic (exact) mass is 303 g/mol. The fraction of sp³-hybridized carbons (Fsp3) is 0.571. The Kier molecular flexibility index (Phi) is 5.83. The number of nitrogens with one attached hydrogen (secondary N) is 1. The lowest BCUT2D eigenvalue weighted by Crippen LogP contribution is -2.34. The van der Waals surface area contributed by atoms with Crippen LogP contribution in [0.15, 0.2) is 29.2 Å². The first kappa shape index (κ1) is 16.5. The highest BCUT2D eigenvalue weighted by molar-refractivity contribution is 7.89. The van der Waals surface area contributed by atoms with Crippen LogP contribution in [-0.4, -0.2) is 20.8 Å². The standard InChI is InChI=1S/C14H22ClNO2S/c1-12-7-4-5-8-13(12)19(17,18)16-11-14(2,3)9-6-10-15/h4-5,7-8,16H,6,9-11H2,1-3H3. The molecule has 0 unspecified atom stereocenters. The van der Waals surface area contributed by atoms with Crippen LogP contribution < -0.4 is 4.72 Å². The SMILES string of the molecule is Cc1ccccc1S(=O)(=O)NCC(C)(C)CCCCl. The fourth-order valence-corrected chi connectivity index (χ4v) is 3.48. The zero-order chi connectivity index (χ0) is 14.5. The number of hydrogen-bond donors (Lipinski definition) is 1. The maximum atomic E-state index is 12.2. The van der Waals surface area contributed by atoms with E-state index in [1.54, 1.807) is 25.1 Å². The molecule has 1 N–H and O–H groups in total. The van der Waals surface area contributed by atoms with Crippen LogP contribution in [0.4, 0.5) is 0 Å². The minimum Gasteiger partial charge on any atom is -0.211 e. The molecule has 1 rings (SSSR count). The average molecular weight is 304 g/mol. The maximum Gasteiger partial charge on any atom is 0.240 e. The topological polar surface area (TPSA) is 46.2 Å². The predicted molar refractivity (Wildman–Crippen MR) is 80.1 cm³/mol. The first-order valence-electron chi connectivity index (χ1n) is 6.40. The van der Waals surface area contributed by atoms with Crippen molar-refractivity contribution in [2.75, 3.05) is 12.4 Å². The second-order valence-electron chi connectivity index (χ2n) is 5.55. The summed E-state index contributed by atoms with van der Waals surface area (Å²) >= 11 is 5.68. The van der Waals surface area contributed by atoms with Crippen LogP contribution in [0.2, 0.25) is 0 Å². The smallest absolute Gasteiger partial charge is 0.211 e. The van der Waals surface area contributed by atoms with Gasteiger partial charge in [-0.1, -0.05) is 32.0 Å². The molecule has 1 aromatic carbocycles. The summed E-state index contributed by atoms with van der Waals surface area (Å²) in [5.74, 6) is 0.605. The van der Waals surface area contributed by atoms with Crippen molar-refractivity contribution in [3.05, 3.63) is 29.8 Å². The van der Waals surface area contributed by atoms with Gasteiger partial charge >= 0.3 is 0 Å². The third kappa shape index (κ3) is 5.13. The van der Waals surface area contributed by atoms with E-state index in [-0.39, 0.29) is 5.41 Å². The molecule has 0 aliphatic heterocycles. The molecule has 1 aromatic rings. The molecular formula is C14H22ClNO2S. The normalized spacial score (nSPS) is 12.6. The summed E-state index contributed by atoms with van der Waals surface area (Å²) in [4.78, 5) is 0.350. The summed E-state index contributed by atoms with van der Waals surface area (Å²) in [7, 11) is -3.43. The van der Waals surface area contributed by atoms with Gasteiger partial charge in [0, 0.05) is 12.4 Å². The van der Waals surface area contributed by atoms with E-state index in [2.05, 4.69) is 4.72 Å². The first-order chi connectivity index (χ1) is 8.78. The molecule has 5 heteroatoms. The fourth-order valence-electron chi connectivity index (χ4n) is 1.86. The van der Waals surface area contributed by atoms with Gasteiger partial charge in [-0.3, -0.25) is 0 Å². The number of alkyl halides is 1. The van der Waals surface area contributed by atoms with Gasteiger partial charge in [0.2, 0.25) is 10.0 Å². The summed E-state index contributed by atoms with van der Waals surface area (Å²) in [6.45, 7) is 6.30. The van der Waals surface area contributed by atoms with E-state index in [9.17, 15) is 8.42 Å². The van der Waals surface area contributed by atoms with E-state index in [1.165, 1.54) is 0 Å². The summed E-state index contributed by atoms with van der Waals surface area (Å²) in [6.07, 6.45) is 1.79. The molecule has 0 fully saturated rings. The van der Waals surface area contributed by atoms with Crippen molar-refractivity contribution < 1.29 is 8.42 Å². The molecule has 0 amide bonds. The highest BCUT2D eigenvalue weighted by Crippen LogP contribution is 2.23. The Morgan fingerprint density at radius 1 is 1.26 bits per heavy atom. The number of rotatable bonds is 7. The Morgan fingerprint density at radius 3 is 2.47 bits per heavy atom. The number of aryl methyl sites for hydroxylation is 1. The molecule has 0 aliphatic rings. The van der Waals surface area contributed by atoms with Gasteiger partial charge in [0.25, 0.3) is 0 Å². The second kappa shape index (κ2) is 6.73. The van der Waals surface area contributed by atoms with E-state index >= 15 is 0 Å². The molecule has 0 bridgehead atoms. The molecule has 0 radical (unpaired) electrons. The van der Waals surface area contributed by atoms with Crippen molar-refractivity contribution >= 4 is 21.6 Å². The molecule has 0 heterocycles. The van der Waals surface area contributed by atoms with Crippen molar-refractivity contribution in [2.24, 2.45) is 5.41 Å². The minimum absolute atomic E-state index is 0.0926. The first-order valence-corrected chi connectivity index (χ1v) is 8.41. The van der Waals surface area contributed by atoms with Gasteiger partial charge in [0.1, 0.15) is 0 Å². The van der Waals surface area contributed by atoms with E-state index in [0.29, 0.717) is 17.3 Å². The van der Waals surface area contributed by atoms with Crippen molar-refractivity contribution in [1.82, 2.24) is 4.72 Å². The van der Waals surface area contributed by atoms with Gasteiger partial charge in [0.05, 0.1) is 4.90 Å². The van der Waals surface area contributed by atoms with Crippen LogP contribution in [0.1, 0.15) is 32.3 Å². The molecule has 0 atom stereocenters. The zero-order valence-corrected chi connectivity index (χ0v) is 13.3. The van der Waals surface area contributed by atoms with Crippen molar-refractivity contribution in [1.29, 1.82) is 0 Å². The van der Waals surface area contributed by atoms with E-state index < -0.39 is 10.0 Å². The molecule has 0 saturated heterocycles. The van der Waals surface area contributed by atoms with Gasteiger partial charge < -0.3 is 0 Å². The van der Waals surface area contributed by atoms with Crippen molar-refractivity contribution in [3.63, 3.8) is 0 Å². The maximum absolute atomic E-state index is 12.2. The third-order valence-electron chi connectivity index (χ3n) is 3.11. The minimum atomic E-state index is -3.43. The zero-order valence-electron chi connectivity index (χ0n) is 11.7. The van der Waals surface area contributed by atoms with E-state index in [4.69, 9.17) is 11.6 Å². The molecular weight excluding hydrogens is 282 g/mol. The van der Waals surface area contributed by atoms with Gasteiger partial charge in [0.15, 0.2) is 0 Å². The quantitative estimate of drug-likeness (QED) is 0.785. The second-order valence-corrected chi connectivity index (χ2v) is 7.66. The largest absolute Gasteiger partial charge is 0.240 e.